The molecule has 0 unspecified atom stereocenters. The maximum absolute atomic E-state index is 6.29. The van der Waals surface area contributed by atoms with Crippen molar-refractivity contribution in [3.05, 3.63) is 260 Å². The minimum atomic E-state index is -0.178. The molecule has 2 nitrogen and oxygen atoms in total. The van der Waals surface area contributed by atoms with Crippen LogP contribution in [0.2, 0.25) is 0 Å². The van der Waals surface area contributed by atoms with Crippen LogP contribution >= 0.6 is 11.3 Å². The fourth-order valence-electron chi connectivity index (χ4n) is 11.6. The Morgan fingerprint density at radius 1 is 0.333 bits per heavy atom. The summed E-state index contributed by atoms with van der Waals surface area (Å²) < 4.78 is 8.93. The van der Waals surface area contributed by atoms with Gasteiger partial charge in [0.2, 0.25) is 0 Å². The van der Waals surface area contributed by atoms with E-state index < -0.39 is 0 Å². The van der Waals surface area contributed by atoms with Crippen LogP contribution < -0.4 is 4.90 Å². The second kappa shape index (κ2) is 16.7. The number of hydrogen-bond donors (Lipinski definition) is 0. The van der Waals surface area contributed by atoms with Gasteiger partial charge < -0.3 is 9.32 Å². The number of anilines is 3. The molecule has 1 aliphatic carbocycles. The Labute approximate surface area is 423 Å². The second-order valence-corrected chi connectivity index (χ2v) is 20.7. The van der Waals surface area contributed by atoms with Gasteiger partial charge in [-0.3, -0.25) is 0 Å². The highest BCUT2D eigenvalue weighted by molar-refractivity contribution is 7.25. The summed E-state index contributed by atoms with van der Waals surface area (Å²) in [6.45, 7) is 4.77. The van der Waals surface area contributed by atoms with Gasteiger partial charge in [0, 0.05) is 53.4 Å². The number of rotatable bonds is 8. The van der Waals surface area contributed by atoms with Crippen molar-refractivity contribution in [2.45, 2.75) is 19.3 Å². The van der Waals surface area contributed by atoms with E-state index in [1.807, 2.05) is 23.5 Å². The number of furan rings is 1. The van der Waals surface area contributed by atoms with Gasteiger partial charge in [0.25, 0.3) is 0 Å². The van der Waals surface area contributed by atoms with Gasteiger partial charge in [-0.15, -0.1) is 11.3 Å². The maximum atomic E-state index is 6.29. The third-order valence-electron chi connectivity index (χ3n) is 15.1. The molecule has 0 saturated carbocycles. The van der Waals surface area contributed by atoms with E-state index in [-0.39, 0.29) is 5.41 Å². The molecule has 340 valence electrons. The summed E-state index contributed by atoms with van der Waals surface area (Å²) in [5, 5.41) is 4.90. The Kier molecular flexibility index (Phi) is 9.77. The van der Waals surface area contributed by atoms with E-state index in [9.17, 15) is 0 Å². The summed E-state index contributed by atoms with van der Waals surface area (Å²) in [7, 11) is 0. The normalized spacial score (nSPS) is 12.7. The van der Waals surface area contributed by atoms with Crippen LogP contribution in [0.25, 0.3) is 109 Å². The molecule has 72 heavy (non-hydrogen) atoms. The number of benzene rings is 11. The second-order valence-electron chi connectivity index (χ2n) is 19.6. The van der Waals surface area contributed by atoms with Crippen LogP contribution in [0, 0.1) is 0 Å². The lowest BCUT2D eigenvalue weighted by molar-refractivity contribution is 0.662. The molecule has 0 N–H and O–H groups in total. The van der Waals surface area contributed by atoms with Crippen LogP contribution in [0.5, 0.6) is 0 Å². The van der Waals surface area contributed by atoms with Crippen LogP contribution in [0.15, 0.2) is 253 Å². The summed E-state index contributed by atoms with van der Waals surface area (Å²) in [5.74, 6) is 0. The van der Waals surface area contributed by atoms with Gasteiger partial charge in [0.15, 0.2) is 0 Å². The lowest BCUT2D eigenvalue weighted by atomic mass is 9.78. The zero-order chi connectivity index (χ0) is 47.9. The minimum absolute atomic E-state index is 0.178. The van der Waals surface area contributed by atoms with Crippen LogP contribution in [0.1, 0.15) is 25.0 Å². The molecule has 14 rings (SSSR count). The van der Waals surface area contributed by atoms with Crippen molar-refractivity contribution < 1.29 is 4.42 Å². The molecule has 0 spiro atoms. The molecule has 0 aliphatic heterocycles. The zero-order valence-electron chi connectivity index (χ0n) is 39.9. The van der Waals surface area contributed by atoms with Gasteiger partial charge in [0.05, 0.1) is 0 Å². The average molecular weight is 938 g/mol. The Morgan fingerprint density at radius 3 is 1.54 bits per heavy atom. The Morgan fingerprint density at radius 2 is 0.833 bits per heavy atom. The van der Waals surface area contributed by atoms with E-state index in [4.69, 9.17) is 4.42 Å². The monoisotopic (exact) mass is 937 g/mol. The minimum Gasteiger partial charge on any atom is -0.456 e. The topological polar surface area (TPSA) is 16.4 Å². The first-order valence-corrected chi connectivity index (χ1v) is 25.6. The summed E-state index contributed by atoms with van der Waals surface area (Å²) in [4.78, 5) is 2.37. The molecule has 0 amide bonds. The third kappa shape index (κ3) is 6.92. The number of nitrogens with zero attached hydrogens (tertiary/aromatic N) is 1. The zero-order valence-corrected chi connectivity index (χ0v) is 40.8. The van der Waals surface area contributed by atoms with Crippen LogP contribution in [-0.2, 0) is 5.41 Å². The van der Waals surface area contributed by atoms with E-state index >= 15 is 0 Å². The van der Waals surface area contributed by atoms with Crippen LogP contribution in [0.4, 0.5) is 17.1 Å². The first kappa shape index (κ1) is 42.1. The van der Waals surface area contributed by atoms with Crippen LogP contribution in [-0.4, -0.2) is 0 Å². The molecule has 3 heteroatoms. The first-order valence-electron chi connectivity index (χ1n) is 24.8. The van der Waals surface area contributed by atoms with E-state index in [2.05, 4.69) is 255 Å². The van der Waals surface area contributed by atoms with E-state index in [0.29, 0.717) is 0 Å². The average Bonchev–Trinajstić information content (AvgIpc) is 4.09. The molecule has 0 saturated heterocycles. The van der Waals surface area contributed by atoms with Crippen LogP contribution in [0.3, 0.4) is 0 Å². The summed E-state index contributed by atoms with van der Waals surface area (Å²) in [5.41, 5.74) is 22.3. The quantitative estimate of drug-likeness (QED) is 0.151. The van der Waals surface area contributed by atoms with Gasteiger partial charge in [-0.2, -0.15) is 0 Å². The lowest BCUT2D eigenvalue weighted by Gasteiger charge is -2.26. The largest absolute Gasteiger partial charge is 0.456 e. The van der Waals surface area contributed by atoms with Gasteiger partial charge >= 0.3 is 0 Å². The lowest BCUT2D eigenvalue weighted by Crippen LogP contribution is -2.16. The van der Waals surface area contributed by atoms with E-state index in [1.54, 1.807) is 0 Å². The number of fused-ring (bicyclic) bond motifs is 9. The molecule has 2 heterocycles. The Bertz CT molecular complexity index is 4200. The molecule has 0 radical (unpaired) electrons. The standard InChI is InChI=1S/C69H47NOS/c1-69(2)62-38-30-49(40-59(62)61-43-51(44-14-5-3-6-15-44)42-58(68(61)69)47-16-7-4-8-17-47)45-24-32-52(33-25-45)70(53-34-26-46(27-35-53)50-31-39-66-60(41-50)56-18-10-12-23-65(56)72-66)54-36-28-48(29-37-54)55-20-13-22-64-67(55)57-19-9-11-21-63(57)71-64/h3-43H,1-2H3. The molecular formula is C69H47NOS. The highest BCUT2D eigenvalue weighted by Crippen LogP contribution is 2.54. The fraction of sp³-hybridized carbons (Fsp3) is 0.0435. The van der Waals surface area contributed by atoms with Crippen molar-refractivity contribution in [1.82, 2.24) is 0 Å². The predicted octanol–water partition coefficient (Wildman–Crippen LogP) is 20.1. The molecular weight excluding hydrogens is 891 g/mol. The highest BCUT2D eigenvalue weighted by Gasteiger charge is 2.38. The Balaban J connectivity index is 0.854. The third-order valence-corrected chi connectivity index (χ3v) is 16.2. The van der Waals surface area contributed by atoms with Gasteiger partial charge in [0.1, 0.15) is 11.2 Å². The molecule has 11 aromatic carbocycles. The van der Waals surface area contributed by atoms with Crippen molar-refractivity contribution in [2.75, 3.05) is 4.90 Å². The number of hydrogen-bond acceptors (Lipinski definition) is 3. The molecule has 2 aromatic heterocycles. The molecule has 13 aromatic rings. The van der Waals surface area contributed by atoms with Crippen molar-refractivity contribution in [3.63, 3.8) is 0 Å². The SMILES string of the molecule is CC1(C)c2ccc(-c3ccc(N(c4ccc(-c5ccc6sc7ccccc7c6c5)cc4)c4ccc(-c5cccc6oc7ccccc7c56)cc4)cc3)cc2-c2cc(-c3ccccc3)cc(-c3ccccc3)c21. The first-order chi connectivity index (χ1) is 35.4. The predicted molar refractivity (Wildman–Crippen MR) is 306 cm³/mol. The Hall–Kier alpha value is -8.76. The summed E-state index contributed by atoms with van der Waals surface area (Å²) in [6.07, 6.45) is 0. The number of thiophene rings is 1. The van der Waals surface area contributed by atoms with Crippen molar-refractivity contribution in [2.24, 2.45) is 0 Å². The molecule has 0 bridgehead atoms. The summed E-state index contributed by atoms with van der Waals surface area (Å²) >= 11 is 1.86. The smallest absolute Gasteiger partial charge is 0.136 e. The summed E-state index contributed by atoms with van der Waals surface area (Å²) in [6, 6.07) is 91.1. The molecule has 0 fully saturated rings. The molecule has 0 atom stereocenters. The van der Waals surface area contributed by atoms with E-state index in [1.165, 1.54) is 86.9 Å². The van der Waals surface area contributed by atoms with Crippen molar-refractivity contribution in [3.8, 4) is 66.8 Å². The van der Waals surface area contributed by atoms with Crippen molar-refractivity contribution in [1.29, 1.82) is 0 Å². The van der Waals surface area contributed by atoms with Gasteiger partial charge in [-0.05, 0) is 163 Å². The van der Waals surface area contributed by atoms with E-state index in [0.717, 1.165) is 50.1 Å². The van der Waals surface area contributed by atoms with Crippen molar-refractivity contribution >= 4 is 70.5 Å². The van der Waals surface area contributed by atoms with Gasteiger partial charge in [-0.25, -0.2) is 0 Å². The fourth-order valence-corrected chi connectivity index (χ4v) is 12.6. The molecule has 1 aliphatic rings. The number of para-hydroxylation sites is 1. The van der Waals surface area contributed by atoms with Gasteiger partial charge in [-0.1, -0.05) is 178 Å². The highest BCUT2D eigenvalue weighted by atomic mass is 32.1. The maximum Gasteiger partial charge on any atom is 0.136 e.